The number of benzene rings is 2. The Balaban J connectivity index is 1.77. The Morgan fingerprint density at radius 2 is 1.81 bits per heavy atom. The van der Waals surface area contributed by atoms with Crippen molar-refractivity contribution < 1.29 is 18.0 Å². The Bertz CT molecular complexity index is 1020. The molecule has 1 spiro atoms. The first-order valence-electron chi connectivity index (χ1n) is 8.77. The molecule has 2 fully saturated rings. The molecule has 0 radical (unpaired) electrons. The third-order valence-electron chi connectivity index (χ3n) is 5.64. The monoisotopic (exact) mass is 372 g/mol. The Morgan fingerprint density at radius 1 is 1.08 bits per heavy atom. The van der Waals surface area contributed by atoms with Gasteiger partial charge in [-0.1, -0.05) is 50.1 Å². The molecule has 136 valence electrons. The van der Waals surface area contributed by atoms with E-state index in [2.05, 4.69) is 5.32 Å². The number of nitrogens with one attached hydrogen (secondary N) is 1. The first-order valence-corrected chi connectivity index (χ1v) is 10.2. The van der Waals surface area contributed by atoms with Gasteiger partial charge in [-0.2, -0.15) is 0 Å². The summed E-state index contributed by atoms with van der Waals surface area (Å²) in [5.41, 5.74) is -1.10. The molecule has 0 aromatic heterocycles. The summed E-state index contributed by atoms with van der Waals surface area (Å²) in [4.78, 5) is 25.5. The van der Waals surface area contributed by atoms with Crippen molar-refractivity contribution in [3.8, 4) is 0 Å². The number of amides is 3. The van der Waals surface area contributed by atoms with E-state index in [1.807, 2.05) is 25.1 Å². The largest absolute Gasteiger partial charge is 0.339 e. The fraction of sp³-hybridized carbons (Fsp3) is 0.368. The molecule has 1 aliphatic carbocycles. The van der Waals surface area contributed by atoms with E-state index in [-0.39, 0.29) is 10.8 Å². The lowest BCUT2D eigenvalue weighted by Gasteiger charge is -2.36. The maximum atomic E-state index is 13.1. The second-order valence-corrected chi connectivity index (χ2v) is 8.92. The fourth-order valence-electron chi connectivity index (χ4n) is 4.07. The van der Waals surface area contributed by atoms with Gasteiger partial charge in [0.2, 0.25) is 0 Å². The summed E-state index contributed by atoms with van der Waals surface area (Å²) < 4.78 is 26.6. The summed E-state index contributed by atoms with van der Waals surface area (Å²) >= 11 is 0. The van der Waals surface area contributed by atoms with Crippen LogP contribution in [0.2, 0.25) is 0 Å². The van der Waals surface area contributed by atoms with Crippen LogP contribution in [0.3, 0.4) is 0 Å². The Hall–Kier alpha value is -2.41. The Morgan fingerprint density at radius 3 is 2.54 bits per heavy atom. The van der Waals surface area contributed by atoms with Crippen molar-refractivity contribution in [1.82, 2.24) is 9.62 Å². The van der Waals surface area contributed by atoms with E-state index in [0.717, 1.165) is 30.0 Å². The van der Waals surface area contributed by atoms with Crippen LogP contribution in [0.15, 0.2) is 47.4 Å². The van der Waals surface area contributed by atoms with E-state index in [0.29, 0.717) is 10.7 Å². The molecule has 0 bridgehead atoms. The van der Waals surface area contributed by atoms with Crippen molar-refractivity contribution in [3.63, 3.8) is 0 Å². The highest BCUT2D eigenvalue weighted by atomic mass is 32.2. The van der Waals surface area contributed by atoms with Crippen LogP contribution in [0.25, 0.3) is 10.8 Å². The quantitative estimate of drug-likeness (QED) is 0.822. The molecule has 2 aromatic carbocycles. The maximum absolute atomic E-state index is 13.1. The van der Waals surface area contributed by atoms with Gasteiger partial charge in [0, 0.05) is 0 Å². The second kappa shape index (κ2) is 5.81. The van der Waals surface area contributed by atoms with Gasteiger partial charge in [-0.3, -0.25) is 4.79 Å². The molecule has 1 aliphatic heterocycles. The number of carbonyl (C=O) groups excluding carboxylic acids is 2. The molecule has 2 atom stereocenters. The van der Waals surface area contributed by atoms with Gasteiger partial charge in [0.15, 0.2) is 0 Å². The van der Waals surface area contributed by atoms with Crippen LogP contribution in [0.1, 0.15) is 32.6 Å². The number of rotatable bonds is 2. The van der Waals surface area contributed by atoms with Gasteiger partial charge in [-0.25, -0.2) is 13.2 Å². The highest BCUT2D eigenvalue weighted by Gasteiger charge is 2.58. The minimum absolute atomic E-state index is 0.0554. The van der Waals surface area contributed by atoms with Crippen molar-refractivity contribution in [1.29, 1.82) is 0 Å². The van der Waals surface area contributed by atoms with Crippen molar-refractivity contribution >= 4 is 32.7 Å². The molecule has 3 amide bonds. The van der Waals surface area contributed by atoms with Gasteiger partial charge in [-0.05, 0) is 41.7 Å². The minimum Gasteiger partial charge on any atom is -0.322 e. The zero-order valence-corrected chi connectivity index (χ0v) is 15.3. The average molecular weight is 372 g/mol. The number of carbonyl (C=O) groups is 2. The molecular weight excluding hydrogens is 352 g/mol. The number of urea groups is 1. The van der Waals surface area contributed by atoms with Gasteiger partial charge in [-0.15, -0.1) is 4.31 Å². The molecule has 2 aliphatic rings. The van der Waals surface area contributed by atoms with E-state index < -0.39 is 27.5 Å². The predicted octanol–water partition coefficient (Wildman–Crippen LogP) is 3.03. The zero-order chi connectivity index (χ0) is 18.5. The summed E-state index contributed by atoms with van der Waals surface area (Å²) in [5.74, 6) is -0.743. The van der Waals surface area contributed by atoms with E-state index in [9.17, 15) is 18.0 Å². The van der Waals surface area contributed by atoms with E-state index in [1.54, 1.807) is 12.1 Å². The lowest BCUT2D eigenvalue weighted by Crippen LogP contribution is -2.54. The van der Waals surface area contributed by atoms with E-state index in [4.69, 9.17) is 0 Å². The fourth-order valence-corrected chi connectivity index (χ4v) is 5.44. The lowest BCUT2D eigenvalue weighted by atomic mass is 9.74. The number of sulfonamides is 1. The van der Waals surface area contributed by atoms with Crippen LogP contribution in [0, 0.1) is 5.92 Å². The molecule has 1 N–H and O–H groups in total. The minimum atomic E-state index is -4.26. The third kappa shape index (κ3) is 2.34. The number of hydrogen-bond donors (Lipinski definition) is 1. The van der Waals surface area contributed by atoms with Crippen molar-refractivity contribution in [2.45, 2.75) is 43.0 Å². The van der Waals surface area contributed by atoms with Gasteiger partial charge >= 0.3 is 6.03 Å². The van der Waals surface area contributed by atoms with E-state index >= 15 is 0 Å². The number of hydrogen-bond acceptors (Lipinski definition) is 4. The highest BCUT2D eigenvalue weighted by molar-refractivity contribution is 7.90. The summed E-state index contributed by atoms with van der Waals surface area (Å²) in [7, 11) is -4.26. The Kier molecular flexibility index (Phi) is 3.80. The molecule has 26 heavy (non-hydrogen) atoms. The standard InChI is InChI=1S/C19H20N2O4S/c1-13-6-4-5-11-19(13)17(22)21(18(23)20-19)26(24,25)16-10-9-14-7-2-3-8-15(14)12-16/h2-3,7-10,12-13H,4-6,11H2,1H3,(H,20,23). The molecule has 4 rings (SSSR count). The summed E-state index contributed by atoms with van der Waals surface area (Å²) in [6.07, 6.45) is 3.03. The number of imide groups is 1. The normalized spacial score (nSPS) is 26.5. The lowest BCUT2D eigenvalue weighted by molar-refractivity contribution is -0.130. The summed E-state index contributed by atoms with van der Waals surface area (Å²) in [6, 6.07) is 11.1. The van der Waals surface area contributed by atoms with Crippen LogP contribution in [0.5, 0.6) is 0 Å². The third-order valence-corrected chi connectivity index (χ3v) is 7.30. The van der Waals surface area contributed by atoms with Crippen LogP contribution in [-0.4, -0.2) is 30.2 Å². The first kappa shape index (κ1) is 17.0. The van der Waals surface area contributed by atoms with Crippen molar-refractivity contribution in [2.75, 3.05) is 0 Å². The maximum Gasteiger partial charge on any atom is 0.339 e. The van der Waals surface area contributed by atoms with E-state index in [1.165, 1.54) is 12.1 Å². The Labute approximate surface area is 152 Å². The predicted molar refractivity (Wildman–Crippen MR) is 96.9 cm³/mol. The second-order valence-electron chi connectivity index (χ2n) is 7.13. The van der Waals surface area contributed by atoms with Crippen LogP contribution >= 0.6 is 0 Å². The molecular formula is C19H20N2O4S. The zero-order valence-electron chi connectivity index (χ0n) is 14.4. The van der Waals surface area contributed by atoms with Crippen LogP contribution in [0.4, 0.5) is 4.79 Å². The van der Waals surface area contributed by atoms with Gasteiger partial charge in [0.05, 0.1) is 4.90 Å². The van der Waals surface area contributed by atoms with Crippen molar-refractivity contribution in [2.24, 2.45) is 5.92 Å². The topological polar surface area (TPSA) is 83.6 Å². The van der Waals surface area contributed by atoms with Gasteiger partial charge in [0.1, 0.15) is 5.54 Å². The van der Waals surface area contributed by atoms with Crippen LogP contribution in [-0.2, 0) is 14.8 Å². The number of nitrogens with zero attached hydrogens (tertiary/aromatic N) is 1. The molecule has 1 heterocycles. The summed E-state index contributed by atoms with van der Waals surface area (Å²) in [6.45, 7) is 1.89. The average Bonchev–Trinajstić information content (AvgIpc) is 2.88. The molecule has 6 nitrogen and oxygen atoms in total. The highest BCUT2D eigenvalue weighted by Crippen LogP contribution is 2.40. The molecule has 1 saturated carbocycles. The van der Waals surface area contributed by atoms with Crippen LogP contribution < -0.4 is 5.32 Å². The SMILES string of the molecule is CC1CCCCC12NC(=O)N(S(=O)(=O)c1ccc3ccccc3c1)C2=O. The molecule has 2 aromatic rings. The molecule has 7 heteroatoms. The van der Waals surface area contributed by atoms with Gasteiger partial charge in [0.25, 0.3) is 15.9 Å². The summed E-state index contributed by atoms with van der Waals surface area (Å²) in [5, 5.41) is 4.32. The smallest absolute Gasteiger partial charge is 0.322 e. The first-order chi connectivity index (χ1) is 12.4. The number of fused-ring (bicyclic) bond motifs is 1. The molecule has 2 unspecified atom stereocenters. The molecule has 1 saturated heterocycles. The van der Waals surface area contributed by atoms with Crippen molar-refractivity contribution in [3.05, 3.63) is 42.5 Å². The van der Waals surface area contributed by atoms with Gasteiger partial charge < -0.3 is 5.32 Å².